The molecule has 3 N–H and O–H groups in total. The fraction of sp³-hybridized carbons (Fsp3) is 0.417. The molecule has 0 saturated carbocycles. The van der Waals surface area contributed by atoms with Gasteiger partial charge >= 0.3 is 18.3 Å². The zero-order chi connectivity index (χ0) is 36.7. The number of amides is 4. The first-order valence-electron chi connectivity index (χ1n) is 15.7. The third-order valence-electron chi connectivity index (χ3n) is 7.02. The summed E-state index contributed by atoms with van der Waals surface area (Å²) in [5, 5.41) is 14.8. The first-order chi connectivity index (χ1) is 22.7. The fourth-order valence-corrected chi connectivity index (χ4v) is 4.68. The molecular formula is C36H47N5O8. The van der Waals surface area contributed by atoms with Gasteiger partial charge in [-0.05, 0) is 85.2 Å². The molecule has 13 heteroatoms. The molecule has 13 nitrogen and oxygen atoms in total. The van der Waals surface area contributed by atoms with E-state index in [4.69, 9.17) is 24.4 Å². The van der Waals surface area contributed by atoms with E-state index in [1.54, 1.807) is 65.8 Å². The van der Waals surface area contributed by atoms with Gasteiger partial charge in [-0.2, -0.15) is 4.90 Å². The van der Waals surface area contributed by atoms with E-state index in [0.29, 0.717) is 10.6 Å². The van der Waals surface area contributed by atoms with Crippen molar-refractivity contribution < 1.29 is 38.1 Å². The van der Waals surface area contributed by atoms with Gasteiger partial charge in [0, 0.05) is 24.4 Å². The zero-order valence-electron chi connectivity index (χ0n) is 29.7. The first kappa shape index (κ1) is 38.1. The minimum absolute atomic E-state index is 0.0871. The van der Waals surface area contributed by atoms with Crippen LogP contribution in [0.3, 0.4) is 0 Å². The average Bonchev–Trinajstić information content (AvgIpc) is 2.98. The predicted molar refractivity (Wildman–Crippen MR) is 185 cm³/mol. The van der Waals surface area contributed by atoms with Crippen LogP contribution in [0.1, 0.15) is 72.9 Å². The monoisotopic (exact) mass is 677 g/mol. The second-order valence-electron chi connectivity index (χ2n) is 13.8. The quantitative estimate of drug-likeness (QED) is 0.114. The van der Waals surface area contributed by atoms with Crippen LogP contribution in [-0.2, 0) is 35.9 Å². The number of hydrogen-bond acceptors (Lipinski definition) is 10. The van der Waals surface area contributed by atoms with Gasteiger partial charge in [-0.1, -0.05) is 42.5 Å². The number of methoxy groups -OCH3 is 1. The number of amidine groups is 1. The van der Waals surface area contributed by atoms with Crippen LogP contribution < -0.4 is 15.5 Å². The molecule has 1 aliphatic heterocycles. The summed E-state index contributed by atoms with van der Waals surface area (Å²) < 4.78 is 21.4. The van der Waals surface area contributed by atoms with Crippen LogP contribution >= 0.6 is 0 Å². The maximum Gasteiger partial charge on any atom is 0.425 e. The number of anilines is 1. The van der Waals surface area contributed by atoms with Crippen molar-refractivity contribution in [2.45, 2.75) is 85.2 Å². The van der Waals surface area contributed by atoms with Crippen molar-refractivity contribution in [3.8, 4) is 0 Å². The van der Waals surface area contributed by atoms with Crippen LogP contribution in [0, 0.1) is 5.41 Å². The Labute approximate surface area is 287 Å². The number of ether oxygens (including phenoxy) is 4. The number of rotatable bonds is 9. The van der Waals surface area contributed by atoms with Crippen LogP contribution in [0.2, 0.25) is 0 Å². The largest absolute Gasteiger partial charge is 0.483 e. The van der Waals surface area contributed by atoms with E-state index < -0.39 is 46.8 Å². The Morgan fingerprint density at radius 2 is 1.45 bits per heavy atom. The maximum atomic E-state index is 14.2. The number of nitrogens with one attached hydrogen (secondary N) is 3. The molecule has 3 rings (SSSR count). The molecule has 1 aliphatic rings. The molecule has 0 atom stereocenters. The minimum atomic E-state index is -1.18. The molecule has 0 bridgehead atoms. The van der Waals surface area contributed by atoms with Gasteiger partial charge in [0.25, 0.3) is 5.91 Å². The Morgan fingerprint density at radius 3 is 1.96 bits per heavy atom. The number of imide groups is 1. The Bertz CT molecular complexity index is 1570. The Morgan fingerprint density at radius 1 is 0.898 bits per heavy atom. The second kappa shape index (κ2) is 15.3. The Hall–Kier alpha value is -5.33. The van der Waals surface area contributed by atoms with Crippen molar-refractivity contribution in [2.24, 2.45) is 0 Å². The molecule has 264 valence electrons. The highest BCUT2D eigenvalue weighted by atomic mass is 16.6. The lowest BCUT2D eigenvalue weighted by Gasteiger charge is -2.34. The molecule has 0 aromatic heterocycles. The molecule has 2 aromatic rings. The standard InChI is InChI=1S/C36H47N5O8/c1-23(46-10)38-27-20-21-40(30(42)28(27)29(37)41(32(44)48-34(2,3)4)33(45)49-35(5,6)7)26-18-16-25(17-19-26)36(8,9)39-31(43)47-22-24-14-12-11-13-15-24/h11-19,37-38H,1,20-22H2,2-10H3,(H,39,43). The van der Waals surface area contributed by atoms with Crippen LogP contribution in [0.4, 0.5) is 20.1 Å². The highest BCUT2D eigenvalue weighted by Crippen LogP contribution is 2.30. The highest BCUT2D eigenvalue weighted by Gasteiger charge is 2.41. The summed E-state index contributed by atoms with van der Waals surface area (Å²) in [6.07, 6.45) is -2.77. The number of carbonyl (C=O) groups is 4. The lowest BCUT2D eigenvalue weighted by atomic mass is 9.94. The number of alkyl carbamates (subject to hydrolysis) is 1. The molecule has 0 spiro atoms. The molecule has 0 saturated heterocycles. The molecule has 1 heterocycles. The predicted octanol–water partition coefficient (Wildman–Crippen LogP) is 6.70. The van der Waals surface area contributed by atoms with E-state index in [1.807, 2.05) is 44.2 Å². The van der Waals surface area contributed by atoms with Gasteiger partial charge in [-0.25, -0.2) is 14.4 Å². The van der Waals surface area contributed by atoms with Crippen molar-refractivity contribution in [3.05, 3.63) is 89.5 Å². The average molecular weight is 678 g/mol. The smallest absolute Gasteiger partial charge is 0.425 e. The van der Waals surface area contributed by atoms with E-state index >= 15 is 0 Å². The Kier molecular flexibility index (Phi) is 11.9. The third kappa shape index (κ3) is 10.6. The Balaban J connectivity index is 1.92. The third-order valence-corrected chi connectivity index (χ3v) is 7.02. The summed E-state index contributed by atoms with van der Waals surface area (Å²) in [6, 6.07) is 16.3. The molecule has 0 aliphatic carbocycles. The second-order valence-corrected chi connectivity index (χ2v) is 13.8. The van der Waals surface area contributed by atoms with Crippen LogP contribution in [0.15, 0.2) is 78.3 Å². The number of carbonyl (C=O) groups excluding carboxylic acids is 4. The topological polar surface area (TPSA) is 160 Å². The maximum absolute atomic E-state index is 14.2. The van der Waals surface area contributed by atoms with Gasteiger partial charge in [0.1, 0.15) is 23.4 Å². The molecule has 4 amide bonds. The van der Waals surface area contributed by atoms with Crippen LogP contribution in [-0.4, -0.2) is 59.8 Å². The number of hydrogen-bond donors (Lipinski definition) is 3. The molecule has 0 unspecified atom stereocenters. The molecule has 2 aromatic carbocycles. The van der Waals surface area contributed by atoms with Crippen molar-refractivity contribution in [3.63, 3.8) is 0 Å². The van der Waals surface area contributed by atoms with Gasteiger partial charge in [0.2, 0.25) is 0 Å². The summed E-state index contributed by atoms with van der Waals surface area (Å²) in [7, 11) is 1.38. The summed E-state index contributed by atoms with van der Waals surface area (Å²) in [4.78, 5) is 55.3. The summed E-state index contributed by atoms with van der Waals surface area (Å²) in [5.74, 6) is -1.33. The van der Waals surface area contributed by atoms with Crippen molar-refractivity contribution in [1.82, 2.24) is 15.5 Å². The van der Waals surface area contributed by atoms with E-state index in [9.17, 15) is 19.2 Å². The summed E-state index contributed by atoms with van der Waals surface area (Å²) >= 11 is 0. The summed E-state index contributed by atoms with van der Waals surface area (Å²) in [5.41, 5.74) is -0.874. The normalized spacial score (nSPS) is 13.7. The first-order valence-corrected chi connectivity index (χ1v) is 15.7. The van der Waals surface area contributed by atoms with Crippen LogP contribution in [0.25, 0.3) is 0 Å². The van der Waals surface area contributed by atoms with Gasteiger partial charge < -0.3 is 34.5 Å². The molecule has 0 radical (unpaired) electrons. The number of benzene rings is 2. The fourth-order valence-electron chi connectivity index (χ4n) is 4.68. The van der Waals surface area contributed by atoms with Crippen molar-refractivity contribution >= 4 is 35.7 Å². The SMILES string of the molecule is C=C(NC1=C(C(=N)N(C(=O)OC(C)(C)C)C(=O)OC(C)(C)C)C(=O)N(c2ccc(C(C)(C)NC(=O)OCc3ccccc3)cc2)CC1)OC. The van der Waals surface area contributed by atoms with Gasteiger partial charge in [-0.15, -0.1) is 0 Å². The summed E-state index contributed by atoms with van der Waals surface area (Å²) in [6.45, 7) is 17.4. The van der Waals surface area contributed by atoms with Gasteiger partial charge in [0.15, 0.2) is 11.7 Å². The lowest BCUT2D eigenvalue weighted by molar-refractivity contribution is -0.115. The lowest BCUT2D eigenvalue weighted by Crippen LogP contribution is -2.51. The molecular weight excluding hydrogens is 630 g/mol. The van der Waals surface area contributed by atoms with Crippen molar-refractivity contribution in [1.29, 1.82) is 5.41 Å². The van der Waals surface area contributed by atoms with Gasteiger partial charge in [-0.3, -0.25) is 10.2 Å². The zero-order valence-corrected chi connectivity index (χ0v) is 29.7. The van der Waals surface area contributed by atoms with Gasteiger partial charge in [0.05, 0.1) is 12.6 Å². The van der Waals surface area contributed by atoms with E-state index in [2.05, 4.69) is 17.2 Å². The van der Waals surface area contributed by atoms with Crippen molar-refractivity contribution in [2.75, 3.05) is 18.6 Å². The highest BCUT2D eigenvalue weighted by molar-refractivity contribution is 6.30. The molecule has 49 heavy (non-hydrogen) atoms. The molecule has 0 fully saturated rings. The van der Waals surface area contributed by atoms with E-state index in [0.717, 1.165) is 11.1 Å². The van der Waals surface area contributed by atoms with Crippen LogP contribution in [0.5, 0.6) is 0 Å². The number of nitrogens with zero attached hydrogens (tertiary/aromatic N) is 2. The van der Waals surface area contributed by atoms with E-state index in [-0.39, 0.29) is 36.7 Å². The minimum Gasteiger partial charge on any atom is -0.483 e. The van der Waals surface area contributed by atoms with E-state index in [1.165, 1.54) is 12.0 Å².